The van der Waals surface area contributed by atoms with E-state index < -0.39 is 0 Å². The van der Waals surface area contributed by atoms with Gasteiger partial charge in [0.05, 0.1) is 5.60 Å². The van der Waals surface area contributed by atoms with Crippen molar-refractivity contribution in [3.8, 4) is 0 Å². The quantitative estimate of drug-likeness (QED) is 0.862. The normalized spacial score (nSPS) is 33.4. The van der Waals surface area contributed by atoms with Gasteiger partial charge < -0.3 is 14.8 Å². The van der Waals surface area contributed by atoms with Gasteiger partial charge in [-0.25, -0.2) is 0 Å². The SMILES string of the molecule is CCCN(C1CCCNC1)C1CCOC2(CCOCC2)C1. The van der Waals surface area contributed by atoms with E-state index >= 15 is 0 Å². The Kier molecular flexibility index (Phi) is 5.54. The Bertz CT molecular complexity index is 306. The van der Waals surface area contributed by atoms with Gasteiger partial charge in [0.1, 0.15) is 0 Å². The Morgan fingerprint density at radius 2 is 2.00 bits per heavy atom. The fourth-order valence-corrected chi connectivity index (χ4v) is 4.41. The van der Waals surface area contributed by atoms with Crippen LogP contribution in [0.25, 0.3) is 0 Å². The van der Waals surface area contributed by atoms with Crippen molar-refractivity contribution in [2.45, 2.75) is 69.6 Å². The largest absolute Gasteiger partial charge is 0.381 e. The number of piperidine rings is 1. The Balaban J connectivity index is 1.66. The van der Waals surface area contributed by atoms with Crippen LogP contribution in [0.4, 0.5) is 0 Å². The van der Waals surface area contributed by atoms with Crippen LogP contribution >= 0.6 is 0 Å². The maximum absolute atomic E-state index is 6.23. The zero-order chi connectivity index (χ0) is 14.5. The van der Waals surface area contributed by atoms with E-state index in [2.05, 4.69) is 17.1 Å². The van der Waals surface area contributed by atoms with Gasteiger partial charge in [-0.05, 0) is 58.0 Å². The van der Waals surface area contributed by atoms with E-state index in [1.54, 1.807) is 0 Å². The number of nitrogens with zero attached hydrogens (tertiary/aromatic N) is 1. The Morgan fingerprint density at radius 3 is 2.71 bits per heavy atom. The number of hydrogen-bond acceptors (Lipinski definition) is 4. The van der Waals surface area contributed by atoms with Crippen molar-refractivity contribution < 1.29 is 9.47 Å². The van der Waals surface area contributed by atoms with Gasteiger partial charge in [-0.15, -0.1) is 0 Å². The van der Waals surface area contributed by atoms with Gasteiger partial charge in [0.2, 0.25) is 0 Å². The molecule has 3 rings (SSSR count). The molecular formula is C17H32N2O2. The summed E-state index contributed by atoms with van der Waals surface area (Å²) in [4.78, 5) is 2.81. The molecule has 1 spiro atoms. The molecule has 4 heteroatoms. The highest BCUT2D eigenvalue weighted by Gasteiger charge is 2.41. The molecule has 3 aliphatic heterocycles. The highest BCUT2D eigenvalue weighted by Crippen LogP contribution is 2.37. The predicted octanol–water partition coefficient (Wildman–Crippen LogP) is 2.18. The van der Waals surface area contributed by atoms with Crippen molar-refractivity contribution in [1.82, 2.24) is 10.2 Å². The number of rotatable bonds is 4. The Labute approximate surface area is 129 Å². The molecule has 2 unspecified atom stereocenters. The zero-order valence-corrected chi connectivity index (χ0v) is 13.6. The number of ether oxygens (including phenoxy) is 2. The molecule has 3 heterocycles. The first kappa shape index (κ1) is 15.7. The molecule has 0 amide bonds. The molecule has 3 saturated heterocycles. The molecule has 21 heavy (non-hydrogen) atoms. The van der Waals surface area contributed by atoms with Gasteiger partial charge in [-0.3, -0.25) is 4.90 Å². The monoisotopic (exact) mass is 296 g/mol. The molecule has 0 radical (unpaired) electrons. The fraction of sp³-hybridized carbons (Fsp3) is 1.00. The van der Waals surface area contributed by atoms with Crippen LogP contribution in [0.1, 0.15) is 51.9 Å². The highest BCUT2D eigenvalue weighted by molar-refractivity contribution is 4.94. The first-order valence-corrected chi connectivity index (χ1v) is 9.01. The van der Waals surface area contributed by atoms with Crippen LogP contribution in [0.3, 0.4) is 0 Å². The predicted molar refractivity (Wildman–Crippen MR) is 84.6 cm³/mol. The van der Waals surface area contributed by atoms with E-state index in [4.69, 9.17) is 9.47 Å². The number of nitrogens with one attached hydrogen (secondary N) is 1. The second kappa shape index (κ2) is 7.40. The maximum atomic E-state index is 6.23. The van der Waals surface area contributed by atoms with Gasteiger partial charge in [0, 0.05) is 38.4 Å². The molecule has 3 fully saturated rings. The minimum absolute atomic E-state index is 0.120. The van der Waals surface area contributed by atoms with Gasteiger partial charge in [0.15, 0.2) is 0 Å². The van der Waals surface area contributed by atoms with Crippen molar-refractivity contribution in [2.24, 2.45) is 0 Å². The van der Waals surface area contributed by atoms with E-state index in [1.165, 1.54) is 51.7 Å². The van der Waals surface area contributed by atoms with Crippen LogP contribution < -0.4 is 5.32 Å². The molecule has 4 nitrogen and oxygen atoms in total. The average molecular weight is 296 g/mol. The lowest BCUT2D eigenvalue weighted by molar-refractivity contribution is -0.154. The zero-order valence-electron chi connectivity index (χ0n) is 13.6. The molecule has 0 aliphatic carbocycles. The summed E-state index contributed by atoms with van der Waals surface area (Å²) in [7, 11) is 0. The van der Waals surface area contributed by atoms with Crippen LogP contribution in [0, 0.1) is 0 Å². The van der Waals surface area contributed by atoms with E-state index in [-0.39, 0.29) is 5.60 Å². The second-order valence-electron chi connectivity index (χ2n) is 7.03. The van der Waals surface area contributed by atoms with Crippen molar-refractivity contribution in [3.63, 3.8) is 0 Å². The van der Waals surface area contributed by atoms with E-state index in [9.17, 15) is 0 Å². The van der Waals surface area contributed by atoms with Gasteiger partial charge in [0.25, 0.3) is 0 Å². The van der Waals surface area contributed by atoms with Crippen molar-refractivity contribution in [2.75, 3.05) is 39.5 Å². The van der Waals surface area contributed by atoms with Crippen molar-refractivity contribution in [1.29, 1.82) is 0 Å². The first-order valence-electron chi connectivity index (χ1n) is 9.01. The summed E-state index contributed by atoms with van der Waals surface area (Å²) in [6.45, 7) is 8.62. The highest BCUT2D eigenvalue weighted by atomic mass is 16.5. The van der Waals surface area contributed by atoms with Crippen LogP contribution in [-0.2, 0) is 9.47 Å². The molecule has 0 aromatic heterocycles. The summed E-state index contributed by atoms with van der Waals surface area (Å²) in [5, 5.41) is 3.59. The van der Waals surface area contributed by atoms with Gasteiger partial charge in [-0.2, -0.15) is 0 Å². The Hall–Kier alpha value is -0.160. The lowest BCUT2D eigenvalue weighted by atomic mass is 9.82. The van der Waals surface area contributed by atoms with Crippen LogP contribution in [0.15, 0.2) is 0 Å². The van der Waals surface area contributed by atoms with E-state index in [1.807, 2.05) is 0 Å². The molecule has 122 valence electrons. The molecule has 0 bridgehead atoms. The standard InChI is InChI=1S/C17H32N2O2/c1-2-9-19(16-4-3-8-18-14-16)15-5-10-21-17(13-15)6-11-20-12-7-17/h15-16,18H,2-14H2,1H3. The minimum Gasteiger partial charge on any atom is -0.381 e. The summed E-state index contributed by atoms with van der Waals surface area (Å²) in [6.07, 6.45) is 8.54. The molecule has 1 N–H and O–H groups in total. The van der Waals surface area contributed by atoms with Crippen LogP contribution in [0.2, 0.25) is 0 Å². The third kappa shape index (κ3) is 3.79. The first-order chi connectivity index (χ1) is 10.3. The van der Waals surface area contributed by atoms with E-state index in [0.717, 1.165) is 38.7 Å². The molecule has 3 aliphatic rings. The van der Waals surface area contributed by atoms with Gasteiger partial charge >= 0.3 is 0 Å². The summed E-state index contributed by atoms with van der Waals surface area (Å²) in [6, 6.07) is 1.44. The second-order valence-corrected chi connectivity index (χ2v) is 7.03. The van der Waals surface area contributed by atoms with E-state index in [0.29, 0.717) is 6.04 Å². The smallest absolute Gasteiger partial charge is 0.0741 e. The lowest BCUT2D eigenvalue weighted by Crippen LogP contribution is -2.56. The minimum atomic E-state index is 0.120. The summed E-state index contributed by atoms with van der Waals surface area (Å²) >= 11 is 0. The topological polar surface area (TPSA) is 33.7 Å². The molecule has 0 aromatic rings. The van der Waals surface area contributed by atoms with Crippen molar-refractivity contribution >= 4 is 0 Å². The molecular weight excluding hydrogens is 264 g/mol. The summed E-state index contributed by atoms with van der Waals surface area (Å²) in [5.41, 5.74) is 0.120. The molecule has 0 saturated carbocycles. The van der Waals surface area contributed by atoms with Crippen LogP contribution in [-0.4, -0.2) is 62.0 Å². The van der Waals surface area contributed by atoms with Crippen LogP contribution in [0.5, 0.6) is 0 Å². The summed E-state index contributed by atoms with van der Waals surface area (Å²) in [5.74, 6) is 0. The van der Waals surface area contributed by atoms with Crippen molar-refractivity contribution in [3.05, 3.63) is 0 Å². The third-order valence-electron chi connectivity index (χ3n) is 5.56. The molecule has 2 atom stereocenters. The maximum Gasteiger partial charge on any atom is 0.0741 e. The third-order valence-corrected chi connectivity index (χ3v) is 5.56. The Morgan fingerprint density at radius 1 is 1.14 bits per heavy atom. The summed E-state index contributed by atoms with van der Waals surface area (Å²) < 4.78 is 11.8. The lowest BCUT2D eigenvalue weighted by Gasteiger charge is -2.49. The average Bonchev–Trinajstić information content (AvgIpc) is 2.54. The van der Waals surface area contributed by atoms with Gasteiger partial charge in [-0.1, -0.05) is 6.92 Å². The fourth-order valence-electron chi connectivity index (χ4n) is 4.41. The molecule has 0 aromatic carbocycles. The number of hydrogen-bond donors (Lipinski definition) is 1.